The summed E-state index contributed by atoms with van der Waals surface area (Å²) in [6, 6.07) is 0. The molecule has 58 valence electrons. The zero-order valence-electron chi connectivity index (χ0n) is 5.92. The van der Waals surface area contributed by atoms with Crippen molar-refractivity contribution in [3.05, 3.63) is 15.6 Å². The van der Waals surface area contributed by atoms with Crippen molar-refractivity contribution in [3.8, 4) is 0 Å². The summed E-state index contributed by atoms with van der Waals surface area (Å²) in [6.07, 6.45) is 4.06. The molecule has 2 N–H and O–H groups in total. The molecule has 1 heterocycles. The van der Waals surface area contributed by atoms with Gasteiger partial charge in [0.2, 0.25) is 0 Å². The molecule has 11 heavy (non-hydrogen) atoms. The first-order valence-electron chi connectivity index (χ1n) is 3.55. The van der Waals surface area contributed by atoms with E-state index < -0.39 is 0 Å². The van der Waals surface area contributed by atoms with Crippen LogP contribution in [0.1, 0.15) is 24.5 Å². The van der Waals surface area contributed by atoms with Gasteiger partial charge in [-0.15, -0.1) is 0 Å². The van der Waals surface area contributed by atoms with E-state index in [1.165, 1.54) is 12.8 Å². The number of nitrogens with two attached hydrogens (primary N) is 1. The fourth-order valence-electron chi connectivity index (χ4n) is 1.04. The fraction of sp³-hybridized carbons (Fsp3) is 0.429. The Kier molecular flexibility index (Phi) is 1.71. The Bertz CT molecular complexity index is 283. The molecule has 1 aromatic heterocycles. The molecule has 2 rings (SSSR count). The lowest BCUT2D eigenvalue weighted by atomic mass is 10.3. The van der Waals surface area contributed by atoms with Gasteiger partial charge in [-0.2, -0.15) is 0 Å². The molecule has 1 aliphatic carbocycles. The molecule has 4 heteroatoms. The van der Waals surface area contributed by atoms with Crippen LogP contribution in [0.2, 0.25) is 0 Å². The van der Waals surface area contributed by atoms with Crippen molar-refractivity contribution in [1.82, 2.24) is 9.97 Å². The van der Waals surface area contributed by atoms with Crippen molar-refractivity contribution >= 4 is 28.4 Å². The molecule has 1 saturated carbocycles. The Labute approximate surface area is 78.6 Å². The first kappa shape index (κ1) is 7.27. The summed E-state index contributed by atoms with van der Waals surface area (Å²) in [7, 11) is 0. The molecule has 1 aromatic rings. The molecule has 0 radical (unpaired) electrons. The smallest absolute Gasteiger partial charge is 0.140 e. The second-order valence-electron chi connectivity index (χ2n) is 2.73. The quantitative estimate of drug-likeness (QED) is 0.780. The number of aromatic nitrogens is 2. The van der Waals surface area contributed by atoms with Crippen molar-refractivity contribution < 1.29 is 0 Å². The molecular weight excluding hydrogens is 253 g/mol. The number of hydrogen-bond donors (Lipinski definition) is 1. The van der Waals surface area contributed by atoms with Crippen LogP contribution in [-0.4, -0.2) is 9.97 Å². The van der Waals surface area contributed by atoms with E-state index >= 15 is 0 Å². The van der Waals surface area contributed by atoms with Gasteiger partial charge >= 0.3 is 0 Å². The van der Waals surface area contributed by atoms with E-state index in [-0.39, 0.29) is 0 Å². The Hall–Kier alpha value is -0.390. The highest BCUT2D eigenvalue weighted by molar-refractivity contribution is 14.1. The highest BCUT2D eigenvalue weighted by atomic mass is 127. The van der Waals surface area contributed by atoms with Crippen LogP contribution in [0.4, 0.5) is 5.82 Å². The van der Waals surface area contributed by atoms with Crippen molar-refractivity contribution in [1.29, 1.82) is 0 Å². The number of nitrogen functional groups attached to an aromatic ring is 1. The van der Waals surface area contributed by atoms with Crippen LogP contribution in [0, 0.1) is 3.57 Å². The SMILES string of the molecule is Nc1ncnc(C2CC2)c1I. The monoisotopic (exact) mass is 261 g/mol. The Morgan fingerprint density at radius 1 is 1.45 bits per heavy atom. The van der Waals surface area contributed by atoms with Crippen LogP contribution < -0.4 is 5.73 Å². The summed E-state index contributed by atoms with van der Waals surface area (Å²) in [5.41, 5.74) is 6.76. The van der Waals surface area contributed by atoms with Crippen LogP contribution in [-0.2, 0) is 0 Å². The minimum Gasteiger partial charge on any atom is -0.383 e. The van der Waals surface area contributed by atoms with E-state index in [1.807, 2.05) is 0 Å². The highest BCUT2D eigenvalue weighted by Gasteiger charge is 2.27. The molecule has 1 aliphatic rings. The van der Waals surface area contributed by atoms with Gasteiger partial charge in [-0.3, -0.25) is 0 Å². The second kappa shape index (κ2) is 2.58. The third kappa shape index (κ3) is 1.31. The first-order valence-corrected chi connectivity index (χ1v) is 4.63. The maximum absolute atomic E-state index is 5.63. The van der Waals surface area contributed by atoms with E-state index in [1.54, 1.807) is 6.33 Å². The van der Waals surface area contributed by atoms with Crippen LogP contribution >= 0.6 is 22.6 Å². The first-order chi connectivity index (χ1) is 5.29. The Balaban J connectivity index is 2.45. The van der Waals surface area contributed by atoms with E-state index in [9.17, 15) is 0 Å². The number of anilines is 1. The molecule has 0 unspecified atom stereocenters. The largest absolute Gasteiger partial charge is 0.383 e. The summed E-state index contributed by atoms with van der Waals surface area (Å²) in [6.45, 7) is 0. The molecule has 1 fully saturated rings. The predicted octanol–water partition coefficient (Wildman–Crippen LogP) is 1.54. The van der Waals surface area contributed by atoms with Gasteiger partial charge in [0.25, 0.3) is 0 Å². The summed E-state index contributed by atoms with van der Waals surface area (Å²) in [5.74, 6) is 1.27. The molecule has 0 saturated heterocycles. The average Bonchev–Trinajstić information content (AvgIpc) is 2.77. The van der Waals surface area contributed by atoms with Crippen LogP contribution in [0.15, 0.2) is 6.33 Å². The molecular formula is C7H8IN3. The third-order valence-electron chi connectivity index (χ3n) is 1.81. The number of halogens is 1. The number of hydrogen-bond acceptors (Lipinski definition) is 3. The van der Waals surface area contributed by atoms with Gasteiger partial charge in [0.05, 0.1) is 9.26 Å². The molecule has 3 nitrogen and oxygen atoms in total. The van der Waals surface area contributed by atoms with Gasteiger partial charge in [-0.25, -0.2) is 9.97 Å². The lowest BCUT2D eigenvalue weighted by molar-refractivity contribution is 0.976. The van der Waals surface area contributed by atoms with E-state index in [2.05, 4.69) is 32.6 Å². The van der Waals surface area contributed by atoms with Gasteiger partial charge in [0.15, 0.2) is 0 Å². The molecule has 0 amide bonds. The van der Waals surface area contributed by atoms with Crippen molar-refractivity contribution in [2.45, 2.75) is 18.8 Å². The van der Waals surface area contributed by atoms with Gasteiger partial charge in [0, 0.05) is 5.92 Å². The third-order valence-corrected chi connectivity index (χ3v) is 2.91. The molecule has 0 spiro atoms. The van der Waals surface area contributed by atoms with E-state index in [0.717, 1.165) is 9.26 Å². The standard InChI is InChI=1S/C7H8IN3/c8-5-6(4-1-2-4)10-3-11-7(5)9/h3-4H,1-2H2,(H2,9,10,11). The topological polar surface area (TPSA) is 51.8 Å². The van der Waals surface area contributed by atoms with E-state index in [0.29, 0.717) is 11.7 Å². The zero-order chi connectivity index (χ0) is 7.84. The van der Waals surface area contributed by atoms with Crippen molar-refractivity contribution in [3.63, 3.8) is 0 Å². The summed E-state index contributed by atoms with van der Waals surface area (Å²) >= 11 is 2.21. The molecule has 0 aromatic carbocycles. The summed E-state index contributed by atoms with van der Waals surface area (Å²) < 4.78 is 1.03. The van der Waals surface area contributed by atoms with E-state index in [4.69, 9.17) is 5.73 Å². The molecule has 0 aliphatic heterocycles. The van der Waals surface area contributed by atoms with Gasteiger partial charge in [-0.1, -0.05) is 0 Å². The predicted molar refractivity (Wildman–Crippen MR) is 51.1 cm³/mol. The van der Waals surface area contributed by atoms with Gasteiger partial charge in [-0.05, 0) is 35.4 Å². The minimum atomic E-state index is 0.613. The maximum Gasteiger partial charge on any atom is 0.140 e. The Morgan fingerprint density at radius 2 is 2.18 bits per heavy atom. The van der Waals surface area contributed by atoms with Crippen molar-refractivity contribution in [2.75, 3.05) is 5.73 Å². The summed E-state index contributed by atoms with van der Waals surface area (Å²) in [5, 5.41) is 0. The van der Waals surface area contributed by atoms with Crippen LogP contribution in [0.3, 0.4) is 0 Å². The lowest BCUT2D eigenvalue weighted by Gasteiger charge is -2.01. The summed E-state index contributed by atoms with van der Waals surface area (Å²) in [4.78, 5) is 8.11. The highest BCUT2D eigenvalue weighted by Crippen LogP contribution is 2.41. The molecule has 0 atom stereocenters. The minimum absolute atomic E-state index is 0.613. The number of nitrogens with zero attached hydrogens (tertiary/aromatic N) is 2. The molecule has 0 bridgehead atoms. The fourth-order valence-corrected chi connectivity index (χ4v) is 1.76. The van der Waals surface area contributed by atoms with Crippen molar-refractivity contribution in [2.24, 2.45) is 0 Å². The average molecular weight is 261 g/mol. The normalized spacial score (nSPS) is 16.8. The van der Waals surface area contributed by atoms with Gasteiger partial charge < -0.3 is 5.73 Å². The second-order valence-corrected chi connectivity index (χ2v) is 3.81. The lowest BCUT2D eigenvalue weighted by Crippen LogP contribution is -2.00. The van der Waals surface area contributed by atoms with Crippen LogP contribution in [0.25, 0.3) is 0 Å². The van der Waals surface area contributed by atoms with Crippen LogP contribution in [0.5, 0.6) is 0 Å². The van der Waals surface area contributed by atoms with Gasteiger partial charge in [0.1, 0.15) is 12.1 Å². The Morgan fingerprint density at radius 3 is 2.82 bits per heavy atom. The number of rotatable bonds is 1. The zero-order valence-corrected chi connectivity index (χ0v) is 8.08. The maximum atomic E-state index is 5.63.